The summed E-state index contributed by atoms with van der Waals surface area (Å²) in [5, 5.41) is 8.05. The van der Waals surface area contributed by atoms with Crippen LogP contribution in [0.2, 0.25) is 0 Å². The van der Waals surface area contributed by atoms with Gasteiger partial charge in [0.1, 0.15) is 0 Å². The molecule has 0 radical (unpaired) electrons. The first-order valence-electron chi connectivity index (χ1n) is 8.24. The van der Waals surface area contributed by atoms with Crippen LogP contribution in [0, 0.1) is 0 Å². The average molecular weight is 397 g/mol. The first-order chi connectivity index (χ1) is 13.4. The molecule has 2 heterocycles. The van der Waals surface area contributed by atoms with E-state index in [1.54, 1.807) is 12.1 Å². The van der Waals surface area contributed by atoms with Crippen molar-refractivity contribution in [1.82, 2.24) is 20.2 Å². The van der Waals surface area contributed by atoms with Crippen molar-refractivity contribution in [2.45, 2.75) is 4.90 Å². The largest absolute Gasteiger partial charge is 0.414 e. The zero-order valence-corrected chi connectivity index (χ0v) is 15.6. The third-order valence-electron chi connectivity index (χ3n) is 4.01. The molecule has 0 aliphatic heterocycles. The Morgan fingerprint density at radius 1 is 0.964 bits per heavy atom. The van der Waals surface area contributed by atoms with E-state index >= 15 is 0 Å². The van der Waals surface area contributed by atoms with Crippen LogP contribution in [0.4, 0.5) is 5.82 Å². The first-order valence-corrected chi connectivity index (χ1v) is 10.1. The number of sulfone groups is 1. The molecule has 144 valence electrons. The van der Waals surface area contributed by atoms with Crippen molar-refractivity contribution in [2.24, 2.45) is 0 Å². The Hall–Kier alpha value is -3.59. The van der Waals surface area contributed by atoms with Crippen molar-refractivity contribution in [2.75, 3.05) is 12.0 Å². The SMILES string of the molecule is CS(=O)(=O)c1cccc(-c2cnc(N)c(-c3nnc(-c4ccccc4)o3)n2)c1.[HH].[HH]. The molecule has 0 atom stereocenters. The molecule has 0 bridgehead atoms. The maximum Gasteiger partial charge on any atom is 0.270 e. The summed E-state index contributed by atoms with van der Waals surface area (Å²) in [6.07, 6.45) is 2.62. The predicted octanol–water partition coefficient (Wildman–Crippen LogP) is 3.34. The van der Waals surface area contributed by atoms with E-state index in [4.69, 9.17) is 10.2 Å². The number of hydrogen-bond donors (Lipinski definition) is 1. The van der Waals surface area contributed by atoms with Gasteiger partial charge in [-0.15, -0.1) is 10.2 Å². The Kier molecular flexibility index (Phi) is 4.36. The van der Waals surface area contributed by atoms with Crippen LogP contribution in [0.3, 0.4) is 0 Å². The molecule has 0 fully saturated rings. The van der Waals surface area contributed by atoms with Crippen molar-refractivity contribution >= 4 is 15.7 Å². The molecular formula is C19H19N5O3S. The third kappa shape index (κ3) is 3.47. The van der Waals surface area contributed by atoms with E-state index in [1.807, 2.05) is 30.3 Å². The number of rotatable bonds is 4. The van der Waals surface area contributed by atoms with Gasteiger partial charge in [-0.1, -0.05) is 30.3 Å². The second kappa shape index (κ2) is 6.86. The summed E-state index contributed by atoms with van der Waals surface area (Å²) in [6, 6.07) is 15.7. The van der Waals surface area contributed by atoms with Crippen LogP contribution in [0.5, 0.6) is 0 Å². The number of benzene rings is 2. The minimum Gasteiger partial charge on any atom is -0.414 e. The molecule has 2 aromatic heterocycles. The molecule has 9 heteroatoms. The van der Waals surface area contributed by atoms with Crippen LogP contribution in [-0.4, -0.2) is 34.8 Å². The van der Waals surface area contributed by atoms with Gasteiger partial charge in [-0.25, -0.2) is 18.4 Å². The zero-order chi connectivity index (χ0) is 19.7. The van der Waals surface area contributed by atoms with E-state index < -0.39 is 9.84 Å². The highest BCUT2D eigenvalue weighted by Crippen LogP contribution is 2.28. The minimum absolute atomic E-state index is 0. The van der Waals surface area contributed by atoms with Gasteiger partial charge in [-0.05, 0) is 24.3 Å². The van der Waals surface area contributed by atoms with Crippen LogP contribution in [0.15, 0.2) is 70.1 Å². The molecule has 0 saturated heterocycles. The number of anilines is 1. The summed E-state index contributed by atoms with van der Waals surface area (Å²) in [4.78, 5) is 8.80. The molecule has 0 spiro atoms. The van der Waals surface area contributed by atoms with Gasteiger partial charge in [-0.2, -0.15) is 0 Å². The van der Waals surface area contributed by atoms with Crippen LogP contribution in [0.1, 0.15) is 2.85 Å². The lowest BCUT2D eigenvalue weighted by Crippen LogP contribution is -2.00. The molecule has 4 aromatic rings. The number of hydrogen-bond acceptors (Lipinski definition) is 8. The van der Waals surface area contributed by atoms with Crippen LogP contribution in [-0.2, 0) is 9.84 Å². The summed E-state index contributed by atoms with van der Waals surface area (Å²) in [6.45, 7) is 0. The van der Waals surface area contributed by atoms with Crippen molar-refractivity contribution in [3.8, 4) is 34.3 Å². The number of nitrogens with zero attached hydrogens (tertiary/aromatic N) is 4. The van der Waals surface area contributed by atoms with Gasteiger partial charge in [-0.3, -0.25) is 0 Å². The monoisotopic (exact) mass is 397 g/mol. The molecule has 2 N–H and O–H groups in total. The molecule has 0 aliphatic carbocycles. The lowest BCUT2D eigenvalue weighted by atomic mass is 10.1. The maximum absolute atomic E-state index is 11.8. The Morgan fingerprint density at radius 2 is 1.68 bits per heavy atom. The van der Waals surface area contributed by atoms with Gasteiger partial charge in [0.25, 0.3) is 5.89 Å². The number of nitrogen functional groups attached to an aromatic ring is 1. The fourth-order valence-corrected chi connectivity index (χ4v) is 3.26. The number of nitrogens with two attached hydrogens (primary N) is 1. The lowest BCUT2D eigenvalue weighted by molar-refractivity contribution is 0.582. The van der Waals surface area contributed by atoms with Crippen molar-refractivity contribution in [3.05, 3.63) is 60.8 Å². The third-order valence-corrected chi connectivity index (χ3v) is 5.12. The second-order valence-electron chi connectivity index (χ2n) is 6.07. The summed E-state index contributed by atoms with van der Waals surface area (Å²) in [7, 11) is -3.34. The molecule has 2 aromatic carbocycles. The topological polar surface area (TPSA) is 125 Å². The van der Waals surface area contributed by atoms with Crippen molar-refractivity contribution in [1.29, 1.82) is 0 Å². The van der Waals surface area contributed by atoms with Crippen LogP contribution >= 0.6 is 0 Å². The van der Waals surface area contributed by atoms with E-state index in [9.17, 15) is 8.42 Å². The van der Waals surface area contributed by atoms with E-state index in [1.165, 1.54) is 18.3 Å². The highest BCUT2D eigenvalue weighted by atomic mass is 32.2. The van der Waals surface area contributed by atoms with Crippen molar-refractivity contribution < 1.29 is 15.7 Å². The molecule has 0 saturated carbocycles. The summed E-state index contributed by atoms with van der Waals surface area (Å²) >= 11 is 0. The maximum atomic E-state index is 11.8. The van der Waals surface area contributed by atoms with E-state index in [-0.39, 0.29) is 25.2 Å². The molecule has 28 heavy (non-hydrogen) atoms. The van der Waals surface area contributed by atoms with Gasteiger partial charge < -0.3 is 10.2 Å². The Balaban J connectivity index is 0.00000160. The summed E-state index contributed by atoms with van der Waals surface area (Å²) in [5.74, 6) is 0.595. The molecule has 4 rings (SSSR count). The fraction of sp³-hybridized carbons (Fsp3) is 0.0526. The van der Waals surface area contributed by atoms with Gasteiger partial charge >= 0.3 is 0 Å². The molecule has 0 unspecified atom stereocenters. The predicted molar refractivity (Wildman–Crippen MR) is 108 cm³/mol. The molecule has 0 aliphatic rings. The normalized spacial score (nSPS) is 11.5. The average Bonchev–Trinajstić information content (AvgIpc) is 3.18. The highest BCUT2D eigenvalue weighted by molar-refractivity contribution is 7.90. The molecule has 0 amide bonds. The van der Waals surface area contributed by atoms with E-state index in [2.05, 4.69) is 20.2 Å². The van der Waals surface area contributed by atoms with Gasteiger partial charge in [0.15, 0.2) is 21.3 Å². The minimum atomic E-state index is -3.34. The van der Waals surface area contributed by atoms with Crippen LogP contribution < -0.4 is 5.73 Å². The zero-order valence-electron chi connectivity index (χ0n) is 14.8. The molecule has 8 nitrogen and oxygen atoms in total. The van der Waals surface area contributed by atoms with E-state index in [0.717, 1.165) is 11.8 Å². The van der Waals surface area contributed by atoms with Crippen LogP contribution in [0.25, 0.3) is 34.3 Å². The fourth-order valence-electron chi connectivity index (χ4n) is 2.60. The summed E-state index contributed by atoms with van der Waals surface area (Å²) in [5.41, 5.74) is 7.97. The van der Waals surface area contributed by atoms with E-state index in [0.29, 0.717) is 17.1 Å². The van der Waals surface area contributed by atoms with Gasteiger partial charge in [0.05, 0.1) is 16.8 Å². The Labute approximate surface area is 164 Å². The summed E-state index contributed by atoms with van der Waals surface area (Å²) < 4.78 is 29.3. The second-order valence-corrected chi connectivity index (χ2v) is 8.08. The smallest absolute Gasteiger partial charge is 0.270 e. The first kappa shape index (κ1) is 17.8. The quantitative estimate of drug-likeness (QED) is 0.556. The van der Waals surface area contributed by atoms with Crippen molar-refractivity contribution in [3.63, 3.8) is 0 Å². The number of aromatic nitrogens is 4. The lowest BCUT2D eigenvalue weighted by Gasteiger charge is -2.06. The molecular weight excluding hydrogens is 378 g/mol. The highest BCUT2D eigenvalue weighted by Gasteiger charge is 2.17. The van der Waals surface area contributed by atoms with Gasteiger partial charge in [0.2, 0.25) is 5.89 Å². The Morgan fingerprint density at radius 3 is 2.43 bits per heavy atom. The van der Waals surface area contributed by atoms with Gasteiger partial charge in [0, 0.05) is 20.2 Å². The standard InChI is InChI=1S/C19H15N5O3S.2H2/c1-28(25,26)14-9-5-8-13(10-14)15-11-21-17(20)16(22-15)19-24-23-18(27-19)12-6-3-2-4-7-12;;/h2-11H,1H3,(H2,20,21);2*1H. The Bertz CT molecular complexity index is 1260.